The Bertz CT molecular complexity index is 506. The van der Waals surface area contributed by atoms with Crippen molar-refractivity contribution in [3.8, 4) is 0 Å². The number of fused-ring (bicyclic) bond motifs is 1. The van der Waals surface area contributed by atoms with Crippen molar-refractivity contribution in [2.75, 3.05) is 6.26 Å². The molecule has 2 rings (SSSR count). The molecule has 2 aromatic rings. The molecule has 0 spiro atoms. The molecule has 0 saturated carbocycles. The number of thioether (sulfide) groups is 1. The van der Waals surface area contributed by atoms with Gasteiger partial charge in [0.05, 0.1) is 0 Å². The van der Waals surface area contributed by atoms with Gasteiger partial charge in [0.25, 0.3) is 11.3 Å². The Kier molecular flexibility index (Phi) is 3.77. The quantitative estimate of drug-likeness (QED) is 0.544. The number of aryl methyl sites for hydroxylation is 1. The molecule has 0 aliphatic heterocycles. The molecule has 0 aliphatic carbocycles. The second kappa shape index (κ2) is 4.48. The van der Waals surface area contributed by atoms with Gasteiger partial charge in [-0.15, -0.1) is 0 Å². The van der Waals surface area contributed by atoms with Crippen LogP contribution in [-0.4, -0.2) is 55.4 Å². The summed E-state index contributed by atoms with van der Waals surface area (Å²) in [5.74, 6) is 0.425. The van der Waals surface area contributed by atoms with Crippen LogP contribution in [0.4, 0.5) is 0 Å². The van der Waals surface area contributed by atoms with E-state index in [1.807, 2.05) is 6.26 Å². The van der Waals surface area contributed by atoms with Crippen LogP contribution in [0.15, 0.2) is 16.0 Å². The number of nitrogens with zero attached hydrogens (tertiary/aromatic N) is 3. The van der Waals surface area contributed by atoms with E-state index < -0.39 is 0 Å². The molecule has 1 radical (unpaired) electrons. The van der Waals surface area contributed by atoms with Crippen molar-refractivity contribution >= 4 is 47.1 Å². The van der Waals surface area contributed by atoms with E-state index in [1.54, 1.807) is 6.92 Å². The molecular weight excluding hydrogens is 211 g/mol. The number of rotatable bonds is 1. The number of aromatic nitrogens is 4. The van der Waals surface area contributed by atoms with Gasteiger partial charge in [-0.1, -0.05) is 11.8 Å². The number of hydrogen-bond donors (Lipinski definition) is 1. The molecule has 0 unspecified atom stereocenters. The third-order valence-corrected chi connectivity index (χ3v) is 2.20. The van der Waals surface area contributed by atoms with Gasteiger partial charge in [-0.05, 0) is 13.2 Å². The Balaban J connectivity index is 0.000000980. The minimum Gasteiger partial charge on any atom is -0.267 e. The first-order valence-corrected chi connectivity index (χ1v) is 4.93. The van der Waals surface area contributed by atoms with Crippen LogP contribution in [0.2, 0.25) is 0 Å². The van der Waals surface area contributed by atoms with Gasteiger partial charge in [-0.25, -0.2) is 4.98 Å². The van der Waals surface area contributed by atoms with Crippen LogP contribution >= 0.6 is 11.8 Å². The Labute approximate surface area is 107 Å². The first-order chi connectivity index (χ1) is 6.20. The van der Waals surface area contributed by atoms with Crippen molar-refractivity contribution in [1.82, 2.24) is 19.6 Å². The molecule has 5 nitrogen and oxygen atoms in total. The largest absolute Gasteiger partial charge is 0.274 e. The second-order valence-corrected chi connectivity index (χ2v) is 3.40. The summed E-state index contributed by atoms with van der Waals surface area (Å²) in [5.41, 5.74) is 0.555. The average molecular weight is 219 g/mol. The maximum absolute atomic E-state index is 11.4. The van der Waals surface area contributed by atoms with E-state index in [4.69, 9.17) is 0 Å². The molecule has 0 amide bonds. The predicted molar refractivity (Wildman–Crippen MR) is 55.9 cm³/mol. The monoisotopic (exact) mass is 219 g/mol. The molecule has 2 heterocycles. The minimum absolute atomic E-state index is 0. The average Bonchev–Trinajstić information content (AvgIpc) is 2.47. The van der Waals surface area contributed by atoms with Gasteiger partial charge >= 0.3 is 0 Å². The zero-order valence-corrected chi connectivity index (χ0v) is 11.1. The SMILES string of the molecule is CSc1nc2nc(C)cc(=O)n2[nH]1.[Na]. The number of H-pyrrole nitrogens is 1. The van der Waals surface area contributed by atoms with Crippen LogP contribution < -0.4 is 5.56 Å². The molecule has 69 valence electrons. The van der Waals surface area contributed by atoms with Crippen LogP contribution in [0, 0.1) is 6.92 Å². The zero-order chi connectivity index (χ0) is 9.42. The first kappa shape index (κ1) is 11.8. The van der Waals surface area contributed by atoms with Gasteiger partial charge in [-0.2, -0.15) is 9.50 Å². The molecule has 0 bridgehead atoms. The summed E-state index contributed by atoms with van der Waals surface area (Å²) in [6, 6.07) is 1.47. The van der Waals surface area contributed by atoms with E-state index in [9.17, 15) is 4.79 Å². The number of hydrogen-bond acceptors (Lipinski definition) is 4. The van der Waals surface area contributed by atoms with E-state index in [2.05, 4.69) is 15.1 Å². The summed E-state index contributed by atoms with van der Waals surface area (Å²) in [6.07, 6.45) is 1.88. The summed E-state index contributed by atoms with van der Waals surface area (Å²) in [7, 11) is 0. The van der Waals surface area contributed by atoms with Gasteiger partial charge in [0, 0.05) is 41.3 Å². The molecule has 0 aliphatic rings. The van der Waals surface area contributed by atoms with Crippen molar-refractivity contribution in [2.24, 2.45) is 0 Å². The standard InChI is InChI=1S/C7H8N4OS.Na/c1-4-3-5(12)11-6(8-4)9-7(10-11)13-2;/h3H,1-2H3,(H,8,9,10);. The van der Waals surface area contributed by atoms with Gasteiger partial charge in [0.1, 0.15) is 0 Å². The van der Waals surface area contributed by atoms with Crippen molar-refractivity contribution in [1.29, 1.82) is 0 Å². The van der Waals surface area contributed by atoms with Gasteiger partial charge in [0.2, 0.25) is 0 Å². The molecule has 14 heavy (non-hydrogen) atoms. The molecule has 0 fully saturated rings. The molecule has 2 aromatic heterocycles. The van der Waals surface area contributed by atoms with E-state index in [0.29, 0.717) is 16.6 Å². The van der Waals surface area contributed by atoms with Gasteiger partial charge in [-0.3, -0.25) is 9.89 Å². The number of nitrogens with one attached hydrogen (secondary N) is 1. The molecule has 0 atom stereocenters. The van der Waals surface area contributed by atoms with E-state index in [1.165, 1.54) is 22.3 Å². The Morgan fingerprint density at radius 3 is 2.86 bits per heavy atom. The van der Waals surface area contributed by atoms with Crippen molar-refractivity contribution < 1.29 is 0 Å². The Hall–Kier alpha value is -0.300. The van der Waals surface area contributed by atoms with Crippen molar-refractivity contribution in [3.05, 3.63) is 22.1 Å². The fourth-order valence-corrected chi connectivity index (χ4v) is 1.42. The fourth-order valence-electron chi connectivity index (χ4n) is 1.06. The normalized spacial score (nSPS) is 10.1. The Morgan fingerprint density at radius 1 is 1.50 bits per heavy atom. The smallest absolute Gasteiger partial charge is 0.267 e. The summed E-state index contributed by atoms with van der Waals surface area (Å²) >= 11 is 1.44. The van der Waals surface area contributed by atoms with Crippen LogP contribution in [0.5, 0.6) is 0 Å². The topological polar surface area (TPSA) is 63.1 Å². The number of aromatic amines is 1. The molecule has 1 N–H and O–H groups in total. The zero-order valence-electron chi connectivity index (χ0n) is 8.24. The molecular formula is C7H8N4NaOS. The Morgan fingerprint density at radius 2 is 2.21 bits per heavy atom. The summed E-state index contributed by atoms with van der Waals surface area (Å²) in [4.78, 5) is 19.6. The molecule has 0 aromatic carbocycles. The van der Waals surface area contributed by atoms with Crippen LogP contribution in [-0.2, 0) is 0 Å². The van der Waals surface area contributed by atoms with Crippen molar-refractivity contribution in [3.63, 3.8) is 0 Å². The summed E-state index contributed by atoms with van der Waals surface area (Å²) < 4.78 is 1.33. The van der Waals surface area contributed by atoms with Crippen LogP contribution in [0.3, 0.4) is 0 Å². The summed E-state index contributed by atoms with van der Waals surface area (Å²) in [6.45, 7) is 1.77. The molecule has 0 saturated heterocycles. The fraction of sp³-hybridized carbons (Fsp3) is 0.286. The maximum Gasteiger partial charge on any atom is 0.274 e. The molecule has 7 heteroatoms. The van der Waals surface area contributed by atoms with E-state index >= 15 is 0 Å². The van der Waals surface area contributed by atoms with Gasteiger partial charge < -0.3 is 0 Å². The third-order valence-electron chi connectivity index (χ3n) is 1.63. The first-order valence-electron chi connectivity index (χ1n) is 3.71. The van der Waals surface area contributed by atoms with Crippen LogP contribution in [0.1, 0.15) is 5.69 Å². The van der Waals surface area contributed by atoms with E-state index in [0.717, 1.165) is 0 Å². The van der Waals surface area contributed by atoms with Gasteiger partial charge in [0.15, 0.2) is 5.16 Å². The second-order valence-electron chi connectivity index (χ2n) is 2.60. The predicted octanol–water partition coefficient (Wildman–Crippen LogP) is 0.0671. The maximum atomic E-state index is 11.4. The minimum atomic E-state index is -0.129. The van der Waals surface area contributed by atoms with E-state index in [-0.39, 0.29) is 35.1 Å². The third kappa shape index (κ3) is 2.03. The van der Waals surface area contributed by atoms with Crippen molar-refractivity contribution in [2.45, 2.75) is 12.1 Å². The summed E-state index contributed by atoms with van der Waals surface area (Å²) in [5, 5.41) is 3.52. The van der Waals surface area contributed by atoms with Crippen LogP contribution in [0.25, 0.3) is 5.78 Å².